The van der Waals surface area contributed by atoms with Gasteiger partial charge in [-0.25, -0.2) is 4.90 Å². The van der Waals surface area contributed by atoms with Gasteiger partial charge in [-0.15, -0.1) is 0 Å². The number of hydrogen-bond donors (Lipinski definition) is 0. The summed E-state index contributed by atoms with van der Waals surface area (Å²) in [6, 6.07) is 6.86. The van der Waals surface area contributed by atoms with Gasteiger partial charge in [-0.3, -0.25) is 14.5 Å². The molecular formula is C19H26N2O3. The Hall–Kier alpha value is -1.88. The molecule has 0 bridgehead atoms. The Morgan fingerprint density at radius 3 is 2.29 bits per heavy atom. The molecule has 2 aliphatic rings. The molecule has 0 radical (unpaired) electrons. The van der Waals surface area contributed by atoms with Crippen molar-refractivity contribution in [3.8, 4) is 5.75 Å². The van der Waals surface area contributed by atoms with E-state index in [2.05, 4.69) is 18.7 Å². The number of likely N-dealkylation sites (tertiary alicyclic amines) is 1. The van der Waals surface area contributed by atoms with Crippen LogP contribution in [0.4, 0.5) is 5.69 Å². The summed E-state index contributed by atoms with van der Waals surface area (Å²) in [5.41, 5.74) is 0.633. The quantitative estimate of drug-likeness (QED) is 0.797. The highest BCUT2D eigenvalue weighted by Crippen LogP contribution is 2.30. The molecule has 0 aromatic heterocycles. The van der Waals surface area contributed by atoms with Gasteiger partial charge < -0.3 is 4.74 Å². The van der Waals surface area contributed by atoms with Crippen molar-refractivity contribution in [2.75, 3.05) is 24.6 Å². The molecule has 0 N–H and O–H groups in total. The number of amides is 2. The molecule has 0 aliphatic carbocycles. The third-order valence-electron chi connectivity index (χ3n) is 4.87. The molecule has 0 saturated carbocycles. The highest BCUT2D eigenvalue weighted by atomic mass is 16.5. The van der Waals surface area contributed by atoms with Crippen LogP contribution in [0.2, 0.25) is 0 Å². The summed E-state index contributed by atoms with van der Waals surface area (Å²) in [4.78, 5) is 28.9. The van der Waals surface area contributed by atoms with Gasteiger partial charge in [-0.2, -0.15) is 0 Å². The van der Waals surface area contributed by atoms with E-state index in [1.54, 1.807) is 24.3 Å². The van der Waals surface area contributed by atoms with Gasteiger partial charge in [0.05, 0.1) is 24.8 Å². The maximum Gasteiger partial charge on any atom is 0.251 e. The number of benzene rings is 1. The molecule has 3 rings (SSSR count). The molecule has 2 saturated heterocycles. The molecule has 5 heteroatoms. The first kappa shape index (κ1) is 17.0. The number of carbonyl (C=O) groups excluding carboxylic acids is 2. The number of rotatable bonds is 4. The number of ether oxygens (including phenoxy) is 1. The van der Waals surface area contributed by atoms with Crippen LogP contribution >= 0.6 is 0 Å². The number of hydrogen-bond acceptors (Lipinski definition) is 4. The molecule has 5 nitrogen and oxygen atoms in total. The minimum absolute atomic E-state index is 0.0922. The third-order valence-corrected chi connectivity index (χ3v) is 4.87. The Bertz CT molecular complexity index is 604. The van der Waals surface area contributed by atoms with E-state index in [1.807, 2.05) is 6.92 Å². The highest BCUT2D eigenvalue weighted by molar-refractivity contribution is 6.22. The van der Waals surface area contributed by atoms with Crippen LogP contribution in [0.3, 0.4) is 0 Å². The van der Waals surface area contributed by atoms with E-state index < -0.39 is 0 Å². The molecule has 1 aromatic carbocycles. The maximum absolute atomic E-state index is 12.9. The zero-order valence-corrected chi connectivity index (χ0v) is 14.7. The average Bonchev–Trinajstić information content (AvgIpc) is 2.83. The number of carbonyl (C=O) groups is 2. The second kappa shape index (κ2) is 6.93. The summed E-state index contributed by atoms with van der Waals surface area (Å²) in [6.07, 6.45) is 1.47. The summed E-state index contributed by atoms with van der Waals surface area (Å²) in [6.45, 7) is 8.74. The van der Waals surface area contributed by atoms with Gasteiger partial charge in [0.15, 0.2) is 0 Å². The van der Waals surface area contributed by atoms with Gasteiger partial charge in [0.2, 0.25) is 5.91 Å². The molecule has 24 heavy (non-hydrogen) atoms. The minimum atomic E-state index is -0.311. The Kier molecular flexibility index (Phi) is 4.90. The predicted molar refractivity (Wildman–Crippen MR) is 93.0 cm³/mol. The summed E-state index contributed by atoms with van der Waals surface area (Å²) in [5, 5.41) is 0. The van der Waals surface area contributed by atoms with Crippen molar-refractivity contribution < 1.29 is 14.3 Å². The first-order chi connectivity index (χ1) is 11.5. The molecule has 2 fully saturated rings. The van der Waals surface area contributed by atoms with Crippen LogP contribution in [0.25, 0.3) is 0 Å². The van der Waals surface area contributed by atoms with E-state index in [1.165, 1.54) is 11.3 Å². The average molecular weight is 330 g/mol. The molecule has 2 heterocycles. The Balaban J connectivity index is 1.76. The van der Waals surface area contributed by atoms with Crippen molar-refractivity contribution in [2.24, 2.45) is 11.8 Å². The molecule has 0 spiro atoms. The molecule has 2 amide bonds. The summed E-state index contributed by atoms with van der Waals surface area (Å²) >= 11 is 0. The first-order valence-electron chi connectivity index (χ1n) is 8.83. The fourth-order valence-corrected chi connectivity index (χ4v) is 4.00. The summed E-state index contributed by atoms with van der Waals surface area (Å²) in [7, 11) is 0. The topological polar surface area (TPSA) is 49.9 Å². The molecule has 2 aliphatic heterocycles. The van der Waals surface area contributed by atoms with E-state index >= 15 is 0 Å². The van der Waals surface area contributed by atoms with E-state index in [-0.39, 0.29) is 24.3 Å². The second-order valence-corrected chi connectivity index (χ2v) is 7.11. The summed E-state index contributed by atoms with van der Waals surface area (Å²) < 4.78 is 5.42. The lowest BCUT2D eigenvalue weighted by Gasteiger charge is -2.37. The lowest BCUT2D eigenvalue weighted by atomic mass is 9.90. The van der Waals surface area contributed by atoms with E-state index in [0.717, 1.165) is 18.8 Å². The van der Waals surface area contributed by atoms with Crippen LogP contribution in [0, 0.1) is 11.8 Å². The SMILES string of the molecule is CCOc1ccc(N2C(=O)C[C@H](N3C[C@H](C)C[C@H](C)C3)C2=O)cc1. The Morgan fingerprint density at radius 2 is 1.71 bits per heavy atom. The van der Waals surface area contributed by atoms with Crippen LogP contribution < -0.4 is 9.64 Å². The minimum Gasteiger partial charge on any atom is -0.494 e. The second-order valence-electron chi connectivity index (χ2n) is 7.11. The van der Waals surface area contributed by atoms with Crippen molar-refractivity contribution in [1.29, 1.82) is 0 Å². The van der Waals surface area contributed by atoms with Gasteiger partial charge in [0.25, 0.3) is 5.91 Å². The van der Waals surface area contributed by atoms with Crippen molar-refractivity contribution in [1.82, 2.24) is 4.90 Å². The van der Waals surface area contributed by atoms with Crippen LogP contribution in [-0.4, -0.2) is 42.5 Å². The fourth-order valence-electron chi connectivity index (χ4n) is 4.00. The fraction of sp³-hybridized carbons (Fsp3) is 0.579. The number of anilines is 1. The zero-order valence-electron chi connectivity index (χ0n) is 14.7. The number of imide groups is 1. The smallest absolute Gasteiger partial charge is 0.251 e. The van der Waals surface area contributed by atoms with Crippen molar-refractivity contribution >= 4 is 17.5 Å². The number of piperidine rings is 1. The van der Waals surface area contributed by atoms with Gasteiger partial charge in [0, 0.05) is 13.1 Å². The molecule has 0 unspecified atom stereocenters. The monoisotopic (exact) mass is 330 g/mol. The standard InChI is InChI=1S/C19H26N2O3/c1-4-24-16-7-5-15(6-8-16)21-18(22)10-17(19(21)23)20-11-13(2)9-14(3)12-20/h5-8,13-14,17H,4,9-12H2,1-3H3/t13-,14+,17-/m0/s1. The van der Waals surface area contributed by atoms with Gasteiger partial charge in [0.1, 0.15) is 5.75 Å². The van der Waals surface area contributed by atoms with Gasteiger partial charge in [-0.1, -0.05) is 13.8 Å². The van der Waals surface area contributed by atoms with E-state index in [0.29, 0.717) is 24.1 Å². The predicted octanol–water partition coefficient (Wildman–Crippen LogP) is 2.70. The van der Waals surface area contributed by atoms with Crippen LogP contribution in [0.15, 0.2) is 24.3 Å². The Labute approximate surface area is 143 Å². The first-order valence-corrected chi connectivity index (χ1v) is 8.83. The highest BCUT2D eigenvalue weighted by Gasteiger charge is 2.44. The van der Waals surface area contributed by atoms with Gasteiger partial charge in [-0.05, 0) is 49.4 Å². The maximum atomic E-state index is 12.9. The normalized spacial score (nSPS) is 28.5. The van der Waals surface area contributed by atoms with Crippen LogP contribution in [-0.2, 0) is 9.59 Å². The molecule has 3 atom stereocenters. The molecule has 1 aromatic rings. The van der Waals surface area contributed by atoms with Crippen molar-refractivity contribution in [3.05, 3.63) is 24.3 Å². The third kappa shape index (κ3) is 3.31. The molecular weight excluding hydrogens is 304 g/mol. The van der Waals surface area contributed by atoms with Gasteiger partial charge >= 0.3 is 0 Å². The lowest BCUT2D eigenvalue weighted by molar-refractivity contribution is -0.123. The molecule has 130 valence electrons. The van der Waals surface area contributed by atoms with E-state index in [9.17, 15) is 9.59 Å². The zero-order chi connectivity index (χ0) is 17.3. The largest absolute Gasteiger partial charge is 0.494 e. The number of nitrogens with zero attached hydrogens (tertiary/aromatic N) is 2. The van der Waals surface area contributed by atoms with E-state index in [4.69, 9.17) is 4.74 Å². The van der Waals surface area contributed by atoms with Crippen molar-refractivity contribution in [3.63, 3.8) is 0 Å². The summed E-state index contributed by atoms with van der Waals surface area (Å²) in [5.74, 6) is 1.67. The lowest BCUT2D eigenvalue weighted by Crippen LogP contribution is -2.48. The Morgan fingerprint density at radius 1 is 1.08 bits per heavy atom. The van der Waals surface area contributed by atoms with Crippen LogP contribution in [0.1, 0.15) is 33.6 Å². The van der Waals surface area contributed by atoms with Crippen molar-refractivity contribution in [2.45, 2.75) is 39.7 Å². The van der Waals surface area contributed by atoms with Crippen LogP contribution in [0.5, 0.6) is 5.75 Å².